The Morgan fingerprint density at radius 2 is 1.86 bits per heavy atom. The van der Waals surface area contributed by atoms with Crippen LogP contribution >= 0.6 is 0 Å². The zero-order valence-corrected chi connectivity index (χ0v) is 11.5. The van der Waals surface area contributed by atoms with Crippen molar-refractivity contribution in [3.63, 3.8) is 0 Å². The van der Waals surface area contributed by atoms with Crippen LogP contribution in [0.25, 0.3) is 11.4 Å². The summed E-state index contributed by atoms with van der Waals surface area (Å²) in [7, 11) is 0. The lowest BCUT2D eigenvalue weighted by Crippen LogP contribution is -1.98. The molecule has 0 amide bonds. The van der Waals surface area contributed by atoms with Crippen LogP contribution in [0.4, 0.5) is 4.39 Å². The molecule has 0 aliphatic carbocycles. The molecule has 5 heteroatoms. The van der Waals surface area contributed by atoms with E-state index in [4.69, 9.17) is 4.74 Å². The van der Waals surface area contributed by atoms with Crippen molar-refractivity contribution in [2.45, 2.75) is 13.5 Å². The van der Waals surface area contributed by atoms with Crippen LogP contribution in [-0.4, -0.2) is 15.2 Å². The molecule has 0 aliphatic rings. The van der Waals surface area contributed by atoms with Gasteiger partial charge >= 0.3 is 0 Å². The molecule has 1 aromatic heterocycles. The van der Waals surface area contributed by atoms with Gasteiger partial charge in [0.15, 0.2) is 11.6 Å². The number of benzene rings is 2. The Labute approximate surface area is 121 Å². The van der Waals surface area contributed by atoms with Crippen molar-refractivity contribution in [3.8, 4) is 17.1 Å². The predicted octanol–water partition coefficient (Wildman–Crippen LogP) is 3.50. The summed E-state index contributed by atoms with van der Waals surface area (Å²) in [6, 6.07) is 14.1. The van der Waals surface area contributed by atoms with E-state index in [1.54, 1.807) is 18.2 Å². The van der Waals surface area contributed by atoms with Gasteiger partial charge < -0.3 is 4.74 Å². The van der Waals surface area contributed by atoms with Gasteiger partial charge in [0.1, 0.15) is 18.2 Å². The molecule has 21 heavy (non-hydrogen) atoms. The molecule has 0 spiro atoms. The SMILES string of the molecule is Cc1ccccc1OCc1nc(-c2ccccc2F)n[nH]1. The highest BCUT2D eigenvalue weighted by Gasteiger charge is 2.10. The number of H-pyrrole nitrogens is 1. The quantitative estimate of drug-likeness (QED) is 0.797. The van der Waals surface area contributed by atoms with E-state index in [2.05, 4.69) is 15.2 Å². The van der Waals surface area contributed by atoms with Gasteiger partial charge in [-0.1, -0.05) is 30.3 Å². The highest BCUT2D eigenvalue weighted by Crippen LogP contribution is 2.20. The molecule has 3 rings (SSSR count). The van der Waals surface area contributed by atoms with Crippen molar-refractivity contribution in [1.29, 1.82) is 0 Å². The van der Waals surface area contributed by atoms with Crippen LogP contribution in [0.1, 0.15) is 11.4 Å². The zero-order valence-electron chi connectivity index (χ0n) is 11.5. The van der Waals surface area contributed by atoms with E-state index in [0.717, 1.165) is 11.3 Å². The number of ether oxygens (including phenoxy) is 1. The normalized spacial score (nSPS) is 10.6. The lowest BCUT2D eigenvalue weighted by atomic mass is 10.2. The Hall–Kier alpha value is -2.69. The second-order valence-electron chi connectivity index (χ2n) is 4.64. The molecule has 1 N–H and O–H groups in total. The average molecular weight is 283 g/mol. The summed E-state index contributed by atoms with van der Waals surface area (Å²) >= 11 is 0. The number of halogens is 1. The van der Waals surface area contributed by atoms with Gasteiger partial charge in [-0.3, -0.25) is 5.10 Å². The lowest BCUT2D eigenvalue weighted by molar-refractivity contribution is 0.294. The van der Waals surface area contributed by atoms with Crippen LogP contribution in [0.3, 0.4) is 0 Å². The smallest absolute Gasteiger partial charge is 0.184 e. The molecule has 106 valence electrons. The first kappa shape index (κ1) is 13.3. The molecule has 0 saturated carbocycles. The molecule has 0 saturated heterocycles. The summed E-state index contributed by atoms with van der Waals surface area (Å²) < 4.78 is 19.3. The standard InChI is InChI=1S/C16H14FN3O/c1-11-6-2-5-9-14(11)21-10-15-18-16(20-19-15)12-7-3-4-8-13(12)17/h2-9H,10H2,1H3,(H,18,19,20). The molecule has 2 aromatic carbocycles. The van der Waals surface area contributed by atoms with Crippen LogP contribution in [0.5, 0.6) is 5.75 Å². The number of para-hydroxylation sites is 1. The molecule has 0 atom stereocenters. The number of hydrogen-bond donors (Lipinski definition) is 1. The van der Waals surface area contributed by atoms with Crippen LogP contribution in [0.2, 0.25) is 0 Å². The summed E-state index contributed by atoms with van der Waals surface area (Å²) in [6.45, 7) is 2.23. The van der Waals surface area contributed by atoms with Gasteiger partial charge in [-0.15, -0.1) is 0 Å². The highest BCUT2D eigenvalue weighted by molar-refractivity contribution is 5.55. The zero-order chi connectivity index (χ0) is 14.7. The Kier molecular flexibility index (Phi) is 3.64. The minimum Gasteiger partial charge on any atom is -0.485 e. The van der Waals surface area contributed by atoms with E-state index < -0.39 is 0 Å². The third-order valence-electron chi connectivity index (χ3n) is 3.10. The van der Waals surface area contributed by atoms with Crippen LogP contribution in [0, 0.1) is 12.7 Å². The average Bonchev–Trinajstić information content (AvgIpc) is 2.96. The van der Waals surface area contributed by atoms with Crippen LogP contribution in [0.15, 0.2) is 48.5 Å². The molecular weight excluding hydrogens is 269 g/mol. The van der Waals surface area contributed by atoms with Gasteiger partial charge in [0.05, 0.1) is 5.56 Å². The van der Waals surface area contributed by atoms with Gasteiger partial charge in [-0.05, 0) is 30.7 Å². The van der Waals surface area contributed by atoms with Gasteiger partial charge in [0.25, 0.3) is 0 Å². The Morgan fingerprint density at radius 1 is 1.10 bits per heavy atom. The fourth-order valence-corrected chi connectivity index (χ4v) is 1.99. The minimum atomic E-state index is -0.345. The molecule has 0 bridgehead atoms. The number of aromatic amines is 1. The summed E-state index contributed by atoms with van der Waals surface area (Å²) in [5.74, 6) is 1.33. The Bertz CT molecular complexity index is 755. The second-order valence-corrected chi connectivity index (χ2v) is 4.64. The number of nitrogens with one attached hydrogen (secondary N) is 1. The second kappa shape index (κ2) is 5.75. The molecule has 0 unspecified atom stereocenters. The van der Waals surface area contributed by atoms with Crippen molar-refractivity contribution in [2.24, 2.45) is 0 Å². The topological polar surface area (TPSA) is 50.8 Å². The molecule has 3 aromatic rings. The third-order valence-corrected chi connectivity index (χ3v) is 3.10. The summed E-state index contributed by atoms with van der Waals surface area (Å²) in [5, 5.41) is 6.79. The van der Waals surface area contributed by atoms with Gasteiger partial charge in [0, 0.05) is 0 Å². The van der Waals surface area contributed by atoms with E-state index >= 15 is 0 Å². The maximum Gasteiger partial charge on any atom is 0.184 e. The Balaban J connectivity index is 1.74. The minimum absolute atomic E-state index is 0.256. The van der Waals surface area contributed by atoms with Gasteiger partial charge in [-0.2, -0.15) is 5.10 Å². The van der Waals surface area contributed by atoms with Crippen molar-refractivity contribution in [3.05, 3.63) is 65.7 Å². The number of aromatic nitrogens is 3. The molecular formula is C16H14FN3O. The highest BCUT2D eigenvalue weighted by atomic mass is 19.1. The van der Waals surface area contributed by atoms with Gasteiger partial charge in [0.2, 0.25) is 0 Å². The van der Waals surface area contributed by atoms with Crippen LogP contribution in [-0.2, 0) is 6.61 Å². The first-order chi connectivity index (χ1) is 10.2. The van der Waals surface area contributed by atoms with Crippen LogP contribution < -0.4 is 4.74 Å². The fourth-order valence-electron chi connectivity index (χ4n) is 1.99. The van der Waals surface area contributed by atoms with Crippen molar-refractivity contribution < 1.29 is 9.13 Å². The largest absolute Gasteiger partial charge is 0.485 e. The predicted molar refractivity (Wildman–Crippen MR) is 77.3 cm³/mol. The number of aryl methyl sites for hydroxylation is 1. The molecule has 0 radical (unpaired) electrons. The van der Waals surface area contributed by atoms with E-state index in [1.807, 2.05) is 31.2 Å². The van der Waals surface area contributed by atoms with Crippen molar-refractivity contribution >= 4 is 0 Å². The maximum atomic E-state index is 13.7. The van der Waals surface area contributed by atoms with Gasteiger partial charge in [-0.25, -0.2) is 9.37 Å². The molecule has 0 aliphatic heterocycles. The maximum absolute atomic E-state index is 13.7. The lowest BCUT2D eigenvalue weighted by Gasteiger charge is -2.06. The molecule has 1 heterocycles. The third kappa shape index (κ3) is 2.91. The number of rotatable bonds is 4. The molecule has 4 nitrogen and oxygen atoms in total. The first-order valence-electron chi connectivity index (χ1n) is 6.58. The van der Waals surface area contributed by atoms with Crippen molar-refractivity contribution in [1.82, 2.24) is 15.2 Å². The van der Waals surface area contributed by atoms with Crippen molar-refractivity contribution in [2.75, 3.05) is 0 Å². The first-order valence-corrected chi connectivity index (χ1v) is 6.58. The van der Waals surface area contributed by atoms with E-state index in [-0.39, 0.29) is 12.4 Å². The number of nitrogens with zero attached hydrogens (tertiary/aromatic N) is 2. The Morgan fingerprint density at radius 3 is 2.67 bits per heavy atom. The number of hydrogen-bond acceptors (Lipinski definition) is 3. The van der Waals surface area contributed by atoms with E-state index in [9.17, 15) is 4.39 Å². The van der Waals surface area contributed by atoms with E-state index in [1.165, 1.54) is 6.07 Å². The summed E-state index contributed by atoms with van der Waals surface area (Å²) in [4.78, 5) is 4.25. The monoisotopic (exact) mass is 283 g/mol. The summed E-state index contributed by atoms with van der Waals surface area (Å²) in [5.41, 5.74) is 1.42. The molecule has 0 fully saturated rings. The van der Waals surface area contributed by atoms with E-state index in [0.29, 0.717) is 17.2 Å². The summed E-state index contributed by atoms with van der Waals surface area (Å²) in [6.07, 6.45) is 0. The fraction of sp³-hybridized carbons (Fsp3) is 0.125.